The smallest absolute Gasteiger partial charge is 0.243 e. The standard InChI is InChI=1S/C16H15N3O5S/c1-22-12-4-6-13(7-5-12)25(20,21)19-9-11(10-19)16-17-15(18-24-16)14-3-2-8-23-14/h2-8,11H,9-10H2,1H3. The molecule has 1 aliphatic heterocycles. The third-order valence-electron chi connectivity index (χ3n) is 4.08. The molecule has 2 aromatic heterocycles. The summed E-state index contributed by atoms with van der Waals surface area (Å²) in [5.41, 5.74) is 0. The molecule has 0 N–H and O–H groups in total. The molecule has 0 unspecified atom stereocenters. The van der Waals surface area contributed by atoms with Crippen LogP contribution in [0.4, 0.5) is 0 Å². The number of rotatable bonds is 5. The van der Waals surface area contributed by atoms with E-state index in [0.717, 1.165) is 0 Å². The molecule has 1 aliphatic rings. The summed E-state index contributed by atoms with van der Waals surface area (Å²) < 4.78 is 42.0. The Balaban J connectivity index is 1.46. The van der Waals surface area contributed by atoms with E-state index in [1.807, 2.05) is 0 Å². The maximum absolute atomic E-state index is 12.6. The van der Waals surface area contributed by atoms with Crippen molar-refractivity contribution in [2.24, 2.45) is 0 Å². The highest BCUT2D eigenvalue weighted by Crippen LogP contribution is 2.32. The number of sulfonamides is 1. The first-order valence-electron chi connectivity index (χ1n) is 7.59. The normalized spacial score (nSPS) is 15.9. The fourth-order valence-corrected chi connectivity index (χ4v) is 4.12. The fraction of sp³-hybridized carbons (Fsp3) is 0.250. The molecule has 1 aromatic carbocycles. The quantitative estimate of drug-likeness (QED) is 0.686. The number of aromatic nitrogens is 2. The lowest BCUT2D eigenvalue weighted by Gasteiger charge is -2.35. The molecule has 3 aromatic rings. The number of benzene rings is 1. The predicted molar refractivity (Wildman–Crippen MR) is 86.5 cm³/mol. The Bertz CT molecular complexity index is 958. The fourth-order valence-electron chi connectivity index (χ4n) is 2.59. The van der Waals surface area contributed by atoms with Crippen molar-refractivity contribution in [2.45, 2.75) is 10.8 Å². The molecule has 1 saturated heterocycles. The summed E-state index contributed by atoms with van der Waals surface area (Å²) in [6.07, 6.45) is 1.53. The maximum atomic E-state index is 12.6. The summed E-state index contributed by atoms with van der Waals surface area (Å²) in [5.74, 6) is 1.77. The van der Waals surface area contributed by atoms with Gasteiger partial charge in [0.15, 0.2) is 5.76 Å². The number of ether oxygens (including phenoxy) is 1. The summed E-state index contributed by atoms with van der Waals surface area (Å²) >= 11 is 0. The van der Waals surface area contributed by atoms with Crippen molar-refractivity contribution in [1.29, 1.82) is 0 Å². The minimum absolute atomic E-state index is 0.121. The van der Waals surface area contributed by atoms with Crippen molar-refractivity contribution in [2.75, 3.05) is 20.2 Å². The van der Waals surface area contributed by atoms with Gasteiger partial charge in [-0.1, -0.05) is 5.16 Å². The largest absolute Gasteiger partial charge is 0.497 e. The van der Waals surface area contributed by atoms with E-state index < -0.39 is 10.0 Å². The van der Waals surface area contributed by atoms with Crippen molar-refractivity contribution in [3.05, 3.63) is 48.6 Å². The van der Waals surface area contributed by atoms with E-state index in [0.29, 0.717) is 36.3 Å². The molecule has 0 radical (unpaired) electrons. The third kappa shape index (κ3) is 2.81. The minimum Gasteiger partial charge on any atom is -0.497 e. The molecular formula is C16H15N3O5S. The van der Waals surface area contributed by atoms with Gasteiger partial charge in [-0.25, -0.2) is 8.42 Å². The molecular weight excluding hydrogens is 346 g/mol. The molecule has 0 spiro atoms. The SMILES string of the molecule is COc1ccc(S(=O)(=O)N2CC(c3nc(-c4ccco4)no3)C2)cc1. The molecule has 1 fully saturated rings. The second-order valence-corrected chi connectivity index (χ2v) is 7.57. The molecule has 0 bridgehead atoms. The van der Waals surface area contributed by atoms with Crippen LogP contribution in [0, 0.1) is 0 Å². The average molecular weight is 361 g/mol. The summed E-state index contributed by atoms with van der Waals surface area (Å²) in [5, 5.41) is 3.86. The van der Waals surface area contributed by atoms with Gasteiger partial charge in [-0.3, -0.25) is 0 Å². The average Bonchev–Trinajstić information content (AvgIpc) is 3.24. The highest BCUT2D eigenvalue weighted by atomic mass is 32.2. The minimum atomic E-state index is -3.54. The third-order valence-corrected chi connectivity index (χ3v) is 5.92. The van der Waals surface area contributed by atoms with Gasteiger partial charge in [0.25, 0.3) is 0 Å². The molecule has 0 aliphatic carbocycles. The van der Waals surface area contributed by atoms with E-state index in [4.69, 9.17) is 13.7 Å². The van der Waals surface area contributed by atoms with Crippen LogP contribution in [0.5, 0.6) is 5.75 Å². The van der Waals surface area contributed by atoms with Crippen LogP contribution in [0.25, 0.3) is 11.6 Å². The van der Waals surface area contributed by atoms with E-state index in [1.54, 1.807) is 24.3 Å². The zero-order valence-corrected chi connectivity index (χ0v) is 14.1. The van der Waals surface area contributed by atoms with Crippen LogP contribution < -0.4 is 4.74 Å². The molecule has 0 saturated carbocycles. The van der Waals surface area contributed by atoms with Gasteiger partial charge in [0.05, 0.1) is 24.2 Å². The van der Waals surface area contributed by atoms with E-state index in [1.165, 1.54) is 29.8 Å². The van der Waals surface area contributed by atoms with E-state index in [9.17, 15) is 8.42 Å². The van der Waals surface area contributed by atoms with Crippen molar-refractivity contribution >= 4 is 10.0 Å². The Morgan fingerprint density at radius 1 is 1.20 bits per heavy atom. The zero-order valence-electron chi connectivity index (χ0n) is 13.3. The second-order valence-electron chi connectivity index (χ2n) is 5.63. The van der Waals surface area contributed by atoms with Crippen LogP contribution >= 0.6 is 0 Å². The summed E-state index contributed by atoms with van der Waals surface area (Å²) in [6.45, 7) is 0.600. The van der Waals surface area contributed by atoms with Crippen LogP contribution in [0.2, 0.25) is 0 Å². The van der Waals surface area contributed by atoms with Gasteiger partial charge in [-0.15, -0.1) is 0 Å². The van der Waals surface area contributed by atoms with Crippen LogP contribution in [-0.2, 0) is 10.0 Å². The van der Waals surface area contributed by atoms with Crippen LogP contribution in [0.1, 0.15) is 11.8 Å². The second kappa shape index (κ2) is 6.01. The first-order valence-corrected chi connectivity index (χ1v) is 9.03. The van der Waals surface area contributed by atoms with E-state index in [2.05, 4.69) is 10.1 Å². The lowest BCUT2D eigenvalue weighted by molar-refractivity contribution is 0.217. The molecule has 4 rings (SSSR count). The molecule has 130 valence electrons. The molecule has 0 atom stereocenters. The highest BCUT2D eigenvalue weighted by molar-refractivity contribution is 7.89. The highest BCUT2D eigenvalue weighted by Gasteiger charge is 2.40. The van der Waals surface area contributed by atoms with Gasteiger partial charge < -0.3 is 13.7 Å². The van der Waals surface area contributed by atoms with Crippen molar-refractivity contribution < 1.29 is 22.1 Å². The van der Waals surface area contributed by atoms with Gasteiger partial charge in [-0.2, -0.15) is 9.29 Å². The molecule has 25 heavy (non-hydrogen) atoms. The topological polar surface area (TPSA) is 98.7 Å². The van der Waals surface area contributed by atoms with Gasteiger partial charge in [0.1, 0.15) is 5.75 Å². The number of furan rings is 1. The van der Waals surface area contributed by atoms with Gasteiger partial charge in [0, 0.05) is 13.1 Å². The predicted octanol–water partition coefficient (Wildman–Crippen LogP) is 2.13. The summed E-state index contributed by atoms with van der Waals surface area (Å²) in [7, 11) is -2.00. The van der Waals surface area contributed by atoms with Crippen molar-refractivity contribution in [3.8, 4) is 17.3 Å². The first kappa shape index (κ1) is 15.9. The maximum Gasteiger partial charge on any atom is 0.243 e. The van der Waals surface area contributed by atoms with Crippen LogP contribution in [0.15, 0.2) is 56.5 Å². The lowest BCUT2D eigenvalue weighted by atomic mass is 10.0. The number of hydrogen-bond donors (Lipinski definition) is 0. The monoisotopic (exact) mass is 361 g/mol. The molecule has 8 nitrogen and oxygen atoms in total. The molecule has 9 heteroatoms. The Labute approximate surface area is 144 Å². The van der Waals surface area contributed by atoms with E-state index in [-0.39, 0.29) is 10.8 Å². The number of methoxy groups -OCH3 is 1. The van der Waals surface area contributed by atoms with Crippen molar-refractivity contribution in [3.63, 3.8) is 0 Å². The zero-order chi connectivity index (χ0) is 17.4. The Kier molecular flexibility index (Phi) is 3.81. The molecule has 0 amide bonds. The van der Waals surface area contributed by atoms with Crippen LogP contribution in [-0.4, -0.2) is 43.1 Å². The Morgan fingerprint density at radius 2 is 1.96 bits per heavy atom. The first-order chi connectivity index (χ1) is 12.1. The van der Waals surface area contributed by atoms with E-state index >= 15 is 0 Å². The Morgan fingerprint density at radius 3 is 2.60 bits per heavy atom. The van der Waals surface area contributed by atoms with Crippen LogP contribution in [0.3, 0.4) is 0 Å². The Hall–Kier alpha value is -2.65. The van der Waals surface area contributed by atoms with Gasteiger partial charge >= 0.3 is 0 Å². The molecule has 3 heterocycles. The number of hydrogen-bond acceptors (Lipinski definition) is 7. The van der Waals surface area contributed by atoms with Gasteiger partial charge in [-0.05, 0) is 36.4 Å². The van der Waals surface area contributed by atoms with Gasteiger partial charge in [0.2, 0.25) is 21.7 Å². The summed E-state index contributed by atoms with van der Waals surface area (Å²) in [6, 6.07) is 9.77. The van der Waals surface area contributed by atoms with Crippen molar-refractivity contribution in [1.82, 2.24) is 14.4 Å². The number of nitrogens with zero attached hydrogens (tertiary/aromatic N) is 3. The lowest BCUT2D eigenvalue weighted by Crippen LogP contribution is -2.48. The summed E-state index contributed by atoms with van der Waals surface area (Å²) in [4.78, 5) is 4.51.